The van der Waals surface area contributed by atoms with Crippen molar-refractivity contribution in [1.29, 1.82) is 0 Å². The van der Waals surface area contributed by atoms with Gasteiger partial charge >= 0.3 is 0 Å². The van der Waals surface area contributed by atoms with Gasteiger partial charge in [-0.15, -0.1) is 0 Å². The maximum Gasteiger partial charge on any atom is 0.126 e. The lowest BCUT2D eigenvalue weighted by molar-refractivity contribution is 0.196. The van der Waals surface area contributed by atoms with Gasteiger partial charge in [-0.25, -0.2) is 9.37 Å². The lowest BCUT2D eigenvalue weighted by Crippen LogP contribution is -1.98. The number of nitrogens with zero attached hydrogens (tertiary/aromatic N) is 1. The Hall–Kier alpha value is -0.910. The molecular formula is C14H13BrFNOS. The first-order valence-electron chi connectivity index (χ1n) is 5.75. The first kappa shape index (κ1) is 14.5. The molecule has 100 valence electrons. The summed E-state index contributed by atoms with van der Waals surface area (Å²) >= 11 is 4.84. The Morgan fingerprint density at radius 3 is 2.79 bits per heavy atom. The van der Waals surface area contributed by atoms with Crippen LogP contribution in [-0.4, -0.2) is 10.1 Å². The molecule has 0 spiro atoms. The van der Waals surface area contributed by atoms with E-state index >= 15 is 0 Å². The second kappa shape index (κ2) is 6.03. The van der Waals surface area contributed by atoms with Gasteiger partial charge in [-0.05, 0) is 65.2 Å². The third kappa shape index (κ3) is 3.35. The van der Waals surface area contributed by atoms with Crippen molar-refractivity contribution >= 4 is 27.7 Å². The third-order valence-electron chi connectivity index (χ3n) is 2.67. The lowest BCUT2D eigenvalue weighted by atomic mass is 10.1. The Morgan fingerprint density at radius 2 is 2.16 bits per heavy atom. The Balaban J connectivity index is 2.45. The van der Waals surface area contributed by atoms with Crippen LogP contribution in [0.1, 0.15) is 24.2 Å². The number of aryl methyl sites for hydroxylation is 1. The van der Waals surface area contributed by atoms with Crippen LogP contribution in [0.15, 0.2) is 44.9 Å². The molecule has 1 atom stereocenters. The molecule has 0 bridgehead atoms. The van der Waals surface area contributed by atoms with Crippen molar-refractivity contribution in [3.05, 3.63) is 51.9 Å². The first-order chi connectivity index (χ1) is 8.99. The second-order valence-corrected chi connectivity index (χ2v) is 6.09. The van der Waals surface area contributed by atoms with E-state index in [2.05, 4.69) is 20.9 Å². The molecule has 2 nitrogen and oxygen atoms in total. The van der Waals surface area contributed by atoms with Crippen LogP contribution in [0.4, 0.5) is 4.39 Å². The predicted molar refractivity (Wildman–Crippen MR) is 77.8 cm³/mol. The van der Waals surface area contributed by atoms with Gasteiger partial charge in [0.15, 0.2) is 0 Å². The molecule has 0 aliphatic carbocycles. The maximum absolute atomic E-state index is 13.6. The van der Waals surface area contributed by atoms with Crippen molar-refractivity contribution in [2.45, 2.75) is 29.9 Å². The maximum atomic E-state index is 13.6. The molecule has 0 amide bonds. The molecule has 0 saturated carbocycles. The predicted octanol–water partition coefficient (Wildman–Crippen LogP) is 4.50. The largest absolute Gasteiger partial charge is 0.389 e. The SMILES string of the molecule is Cc1cc(Sc2ncccc2Br)c(C(C)O)cc1F. The Kier molecular flexibility index (Phi) is 4.60. The molecular weight excluding hydrogens is 329 g/mol. The van der Waals surface area contributed by atoms with Gasteiger partial charge in [0.25, 0.3) is 0 Å². The number of halogens is 2. The molecule has 1 aromatic carbocycles. The summed E-state index contributed by atoms with van der Waals surface area (Å²) in [7, 11) is 0. The zero-order valence-corrected chi connectivity index (χ0v) is 12.9. The summed E-state index contributed by atoms with van der Waals surface area (Å²) in [6.07, 6.45) is 0.978. The average Bonchev–Trinajstić information content (AvgIpc) is 2.36. The molecule has 1 N–H and O–H groups in total. The molecule has 1 aromatic heterocycles. The third-order valence-corrected chi connectivity index (χ3v) is 4.67. The van der Waals surface area contributed by atoms with E-state index in [1.165, 1.54) is 17.8 Å². The van der Waals surface area contributed by atoms with E-state index in [0.717, 1.165) is 14.4 Å². The summed E-state index contributed by atoms with van der Waals surface area (Å²) in [4.78, 5) is 5.08. The van der Waals surface area contributed by atoms with Crippen molar-refractivity contribution in [3.63, 3.8) is 0 Å². The van der Waals surface area contributed by atoms with E-state index in [0.29, 0.717) is 11.1 Å². The van der Waals surface area contributed by atoms with E-state index in [-0.39, 0.29) is 5.82 Å². The molecule has 5 heteroatoms. The van der Waals surface area contributed by atoms with Crippen LogP contribution in [0.5, 0.6) is 0 Å². The minimum Gasteiger partial charge on any atom is -0.389 e. The summed E-state index contributed by atoms with van der Waals surface area (Å²) in [5.74, 6) is -0.305. The van der Waals surface area contributed by atoms with E-state index in [1.807, 2.05) is 12.1 Å². The van der Waals surface area contributed by atoms with Crippen LogP contribution in [-0.2, 0) is 0 Å². The highest BCUT2D eigenvalue weighted by atomic mass is 79.9. The fourth-order valence-electron chi connectivity index (χ4n) is 1.64. The van der Waals surface area contributed by atoms with Gasteiger partial charge < -0.3 is 5.11 Å². The minimum atomic E-state index is -0.722. The van der Waals surface area contributed by atoms with Crippen LogP contribution >= 0.6 is 27.7 Å². The van der Waals surface area contributed by atoms with Crippen LogP contribution in [0.25, 0.3) is 0 Å². The lowest BCUT2D eigenvalue weighted by Gasteiger charge is -2.13. The van der Waals surface area contributed by atoms with Gasteiger partial charge in [0.05, 0.1) is 10.6 Å². The summed E-state index contributed by atoms with van der Waals surface area (Å²) in [6, 6.07) is 6.86. The van der Waals surface area contributed by atoms with Crippen molar-refractivity contribution in [3.8, 4) is 0 Å². The standard InChI is InChI=1S/C14H13BrFNOS/c1-8-6-13(10(9(2)18)7-12(8)16)19-14-11(15)4-3-5-17-14/h3-7,9,18H,1-2H3. The Labute approximate surface area is 124 Å². The van der Waals surface area contributed by atoms with E-state index in [4.69, 9.17) is 0 Å². The number of aliphatic hydroxyl groups is 1. The number of aliphatic hydroxyl groups excluding tert-OH is 1. The number of rotatable bonds is 3. The molecule has 0 saturated heterocycles. The normalized spacial score (nSPS) is 12.5. The van der Waals surface area contributed by atoms with Gasteiger partial charge in [0, 0.05) is 11.1 Å². The summed E-state index contributed by atoms with van der Waals surface area (Å²) in [5, 5.41) is 10.5. The first-order valence-corrected chi connectivity index (χ1v) is 7.36. The Bertz CT molecular complexity index is 604. The molecule has 0 fully saturated rings. The minimum absolute atomic E-state index is 0.305. The van der Waals surface area contributed by atoms with Gasteiger partial charge in [-0.3, -0.25) is 0 Å². The molecule has 0 aliphatic heterocycles. The van der Waals surface area contributed by atoms with Crippen molar-refractivity contribution in [2.75, 3.05) is 0 Å². The van der Waals surface area contributed by atoms with Crippen LogP contribution in [0.2, 0.25) is 0 Å². The highest BCUT2D eigenvalue weighted by Gasteiger charge is 2.14. The highest BCUT2D eigenvalue weighted by molar-refractivity contribution is 9.10. The smallest absolute Gasteiger partial charge is 0.126 e. The molecule has 1 heterocycles. The molecule has 0 radical (unpaired) electrons. The van der Waals surface area contributed by atoms with Crippen molar-refractivity contribution < 1.29 is 9.50 Å². The van der Waals surface area contributed by atoms with Crippen molar-refractivity contribution in [1.82, 2.24) is 4.98 Å². The van der Waals surface area contributed by atoms with Crippen LogP contribution in [0.3, 0.4) is 0 Å². The number of pyridine rings is 1. The fourth-order valence-corrected chi connectivity index (χ4v) is 3.20. The zero-order chi connectivity index (χ0) is 14.0. The van der Waals surface area contributed by atoms with E-state index in [1.54, 1.807) is 26.1 Å². The summed E-state index contributed by atoms with van der Waals surface area (Å²) in [5.41, 5.74) is 1.13. The number of benzene rings is 1. The molecule has 1 unspecified atom stereocenters. The average molecular weight is 342 g/mol. The fraction of sp³-hybridized carbons (Fsp3) is 0.214. The van der Waals surface area contributed by atoms with E-state index in [9.17, 15) is 9.50 Å². The zero-order valence-electron chi connectivity index (χ0n) is 10.5. The molecule has 2 rings (SSSR count). The molecule has 0 aliphatic rings. The topological polar surface area (TPSA) is 33.1 Å². The summed E-state index contributed by atoms with van der Waals surface area (Å²) in [6.45, 7) is 3.33. The van der Waals surface area contributed by atoms with Gasteiger partial charge in [0.2, 0.25) is 0 Å². The van der Waals surface area contributed by atoms with Gasteiger partial charge in [-0.1, -0.05) is 11.8 Å². The number of aromatic nitrogens is 1. The van der Waals surface area contributed by atoms with Gasteiger partial charge in [0.1, 0.15) is 10.8 Å². The molecule has 19 heavy (non-hydrogen) atoms. The van der Waals surface area contributed by atoms with Crippen molar-refractivity contribution in [2.24, 2.45) is 0 Å². The van der Waals surface area contributed by atoms with E-state index < -0.39 is 6.10 Å². The monoisotopic (exact) mass is 341 g/mol. The highest BCUT2D eigenvalue weighted by Crippen LogP contribution is 2.36. The Morgan fingerprint density at radius 1 is 1.42 bits per heavy atom. The van der Waals surface area contributed by atoms with Gasteiger partial charge in [-0.2, -0.15) is 0 Å². The van der Waals surface area contributed by atoms with Crippen LogP contribution in [0, 0.1) is 12.7 Å². The van der Waals surface area contributed by atoms with Crippen LogP contribution < -0.4 is 0 Å². The number of hydrogen-bond acceptors (Lipinski definition) is 3. The summed E-state index contributed by atoms with van der Waals surface area (Å²) < 4.78 is 14.5. The second-order valence-electron chi connectivity index (χ2n) is 4.21. The quantitative estimate of drug-likeness (QED) is 0.892. The number of hydrogen-bond donors (Lipinski definition) is 1. The molecule has 2 aromatic rings.